The van der Waals surface area contributed by atoms with Crippen LogP contribution in [0.4, 0.5) is 0 Å². The van der Waals surface area contributed by atoms with Crippen molar-refractivity contribution < 1.29 is 4.52 Å². The SMILES string of the molecule is Cc1noc(C)c1-c1cccc(C2CC2)c1. The van der Waals surface area contributed by atoms with Crippen LogP contribution < -0.4 is 0 Å². The van der Waals surface area contributed by atoms with Gasteiger partial charge in [0.25, 0.3) is 0 Å². The van der Waals surface area contributed by atoms with Crippen molar-refractivity contribution in [2.45, 2.75) is 32.6 Å². The monoisotopic (exact) mass is 213 g/mol. The largest absolute Gasteiger partial charge is 0.361 e. The first-order valence-corrected chi connectivity index (χ1v) is 5.79. The molecule has 0 saturated heterocycles. The summed E-state index contributed by atoms with van der Waals surface area (Å²) in [6.07, 6.45) is 2.68. The maximum absolute atomic E-state index is 5.22. The van der Waals surface area contributed by atoms with E-state index in [1.165, 1.54) is 24.0 Å². The van der Waals surface area contributed by atoms with Gasteiger partial charge in [-0.1, -0.05) is 29.4 Å². The van der Waals surface area contributed by atoms with E-state index in [4.69, 9.17) is 4.52 Å². The smallest absolute Gasteiger partial charge is 0.141 e. The summed E-state index contributed by atoms with van der Waals surface area (Å²) >= 11 is 0. The molecule has 1 heterocycles. The molecule has 1 aromatic carbocycles. The Morgan fingerprint density at radius 2 is 2.06 bits per heavy atom. The minimum absolute atomic E-state index is 0.792. The van der Waals surface area contributed by atoms with E-state index in [9.17, 15) is 0 Å². The van der Waals surface area contributed by atoms with Gasteiger partial charge in [-0.2, -0.15) is 0 Å². The molecule has 0 unspecified atom stereocenters. The summed E-state index contributed by atoms with van der Waals surface area (Å²) < 4.78 is 5.22. The minimum atomic E-state index is 0.792. The summed E-state index contributed by atoms with van der Waals surface area (Å²) in [5, 5.41) is 4.01. The lowest BCUT2D eigenvalue weighted by molar-refractivity contribution is 0.393. The Morgan fingerprint density at radius 3 is 2.69 bits per heavy atom. The summed E-state index contributed by atoms with van der Waals surface area (Å²) in [5.74, 6) is 1.70. The van der Waals surface area contributed by atoms with Gasteiger partial charge in [0, 0.05) is 5.56 Å². The number of rotatable bonds is 2. The first-order valence-electron chi connectivity index (χ1n) is 5.79. The molecular formula is C14H15NO. The standard InChI is InChI=1S/C14H15NO/c1-9-14(10(2)16-15-9)13-5-3-4-12(8-13)11-6-7-11/h3-5,8,11H,6-7H2,1-2H3. The number of hydrogen-bond acceptors (Lipinski definition) is 2. The van der Waals surface area contributed by atoms with Crippen LogP contribution in [0.3, 0.4) is 0 Å². The van der Waals surface area contributed by atoms with Crippen LogP contribution in [0, 0.1) is 13.8 Å². The normalized spacial score (nSPS) is 15.4. The molecule has 0 aliphatic heterocycles. The number of aryl methyl sites for hydroxylation is 2. The topological polar surface area (TPSA) is 26.0 Å². The lowest BCUT2D eigenvalue weighted by atomic mass is 10.00. The van der Waals surface area contributed by atoms with Crippen LogP contribution >= 0.6 is 0 Å². The van der Waals surface area contributed by atoms with Gasteiger partial charge in [0.05, 0.1) is 5.69 Å². The van der Waals surface area contributed by atoms with Gasteiger partial charge in [-0.3, -0.25) is 0 Å². The second-order valence-corrected chi connectivity index (χ2v) is 4.60. The van der Waals surface area contributed by atoms with Crippen LogP contribution in [0.2, 0.25) is 0 Å². The summed E-state index contributed by atoms with van der Waals surface area (Å²) in [5.41, 5.74) is 4.83. The summed E-state index contributed by atoms with van der Waals surface area (Å²) in [7, 11) is 0. The van der Waals surface area contributed by atoms with E-state index in [1.807, 2.05) is 13.8 Å². The van der Waals surface area contributed by atoms with Gasteiger partial charge in [-0.15, -0.1) is 0 Å². The number of aromatic nitrogens is 1. The fourth-order valence-corrected chi connectivity index (χ4v) is 2.26. The highest BCUT2D eigenvalue weighted by molar-refractivity contribution is 5.68. The Hall–Kier alpha value is -1.57. The molecule has 1 aliphatic carbocycles. The average Bonchev–Trinajstić information content (AvgIpc) is 3.07. The van der Waals surface area contributed by atoms with E-state index >= 15 is 0 Å². The third-order valence-electron chi connectivity index (χ3n) is 3.26. The first-order chi connectivity index (χ1) is 7.75. The Bertz CT molecular complexity index is 504. The number of nitrogens with zero attached hydrogens (tertiary/aromatic N) is 1. The van der Waals surface area contributed by atoms with Crippen LogP contribution in [0.15, 0.2) is 28.8 Å². The fourth-order valence-electron chi connectivity index (χ4n) is 2.26. The van der Waals surface area contributed by atoms with Crippen molar-refractivity contribution in [2.75, 3.05) is 0 Å². The fraction of sp³-hybridized carbons (Fsp3) is 0.357. The molecule has 0 spiro atoms. The average molecular weight is 213 g/mol. The van der Waals surface area contributed by atoms with E-state index in [1.54, 1.807) is 0 Å². The van der Waals surface area contributed by atoms with Gasteiger partial charge in [0.2, 0.25) is 0 Å². The molecule has 1 aromatic heterocycles. The molecule has 2 nitrogen and oxygen atoms in total. The van der Waals surface area contributed by atoms with Gasteiger partial charge >= 0.3 is 0 Å². The van der Waals surface area contributed by atoms with E-state index in [0.717, 1.165) is 22.9 Å². The van der Waals surface area contributed by atoms with E-state index in [2.05, 4.69) is 29.4 Å². The molecule has 0 amide bonds. The van der Waals surface area contributed by atoms with Crippen LogP contribution in [0.5, 0.6) is 0 Å². The molecule has 0 radical (unpaired) electrons. The quantitative estimate of drug-likeness (QED) is 0.757. The first kappa shape index (κ1) is 9.64. The molecule has 1 fully saturated rings. The molecule has 0 atom stereocenters. The van der Waals surface area contributed by atoms with Crippen molar-refractivity contribution in [3.8, 4) is 11.1 Å². The summed E-state index contributed by atoms with van der Waals surface area (Å²) in [6.45, 7) is 3.97. The van der Waals surface area contributed by atoms with Crippen LogP contribution in [-0.4, -0.2) is 5.16 Å². The zero-order chi connectivity index (χ0) is 11.1. The van der Waals surface area contributed by atoms with E-state index in [0.29, 0.717) is 0 Å². The minimum Gasteiger partial charge on any atom is -0.361 e. The molecule has 2 heteroatoms. The van der Waals surface area contributed by atoms with Gasteiger partial charge in [0.15, 0.2) is 0 Å². The predicted octanol–water partition coefficient (Wildman–Crippen LogP) is 3.84. The molecule has 1 saturated carbocycles. The highest BCUT2D eigenvalue weighted by Gasteiger charge is 2.24. The summed E-state index contributed by atoms with van der Waals surface area (Å²) in [4.78, 5) is 0. The maximum atomic E-state index is 5.22. The van der Waals surface area contributed by atoms with Gasteiger partial charge in [-0.25, -0.2) is 0 Å². The van der Waals surface area contributed by atoms with Crippen LogP contribution in [0.1, 0.15) is 35.8 Å². The molecule has 16 heavy (non-hydrogen) atoms. The van der Waals surface area contributed by atoms with Crippen molar-refractivity contribution in [1.29, 1.82) is 0 Å². The second-order valence-electron chi connectivity index (χ2n) is 4.60. The van der Waals surface area contributed by atoms with Gasteiger partial charge < -0.3 is 4.52 Å². The predicted molar refractivity (Wildman–Crippen MR) is 63.4 cm³/mol. The van der Waals surface area contributed by atoms with E-state index in [-0.39, 0.29) is 0 Å². The third-order valence-corrected chi connectivity index (χ3v) is 3.26. The Kier molecular flexibility index (Phi) is 2.10. The maximum Gasteiger partial charge on any atom is 0.141 e. The second kappa shape index (κ2) is 3.48. The molecule has 3 rings (SSSR count). The highest BCUT2D eigenvalue weighted by Crippen LogP contribution is 2.41. The number of benzene rings is 1. The van der Waals surface area contributed by atoms with Crippen molar-refractivity contribution in [3.05, 3.63) is 41.3 Å². The highest BCUT2D eigenvalue weighted by atomic mass is 16.5. The zero-order valence-corrected chi connectivity index (χ0v) is 9.66. The van der Waals surface area contributed by atoms with Crippen molar-refractivity contribution in [3.63, 3.8) is 0 Å². The number of hydrogen-bond donors (Lipinski definition) is 0. The van der Waals surface area contributed by atoms with Crippen molar-refractivity contribution >= 4 is 0 Å². The third kappa shape index (κ3) is 1.54. The van der Waals surface area contributed by atoms with E-state index < -0.39 is 0 Å². The molecule has 0 N–H and O–H groups in total. The summed E-state index contributed by atoms with van der Waals surface area (Å²) in [6, 6.07) is 8.77. The molecule has 2 aromatic rings. The van der Waals surface area contributed by atoms with Crippen LogP contribution in [0.25, 0.3) is 11.1 Å². The molecular weight excluding hydrogens is 198 g/mol. The molecule has 0 bridgehead atoms. The Morgan fingerprint density at radius 1 is 1.25 bits per heavy atom. The lowest BCUT2D eigenvalue weighted by Crippen LogP contribution is -1.85. The zero-order valence-electron chi connectivity index (χ0n) is 9.66. The Labute approximate surface area is 95.3 Å². The van der Waals surface area contributed by atoms with Crippen molar-refractivity contribution in [2.24, 2.45) is 0 Å². The van der Waals surface area contributed by atoms with Crippen LogP contribution in [-0.2, 0) is 0 Å². The molecule has 1 aliphatic rings. The lowest BCUT2D eigenvalue weighted by Gasteiger charge is -2.03. The molecule has 82 valence electrons. The van der Waals surface area contributed by atoms with Crippen molar-refractivity contribution in [1.82, 2.24) is 5.16 Å². The van der Waals surface area contributed by atoms with Gasteiger partial charge in [0.1, 0.15) is 5.76 Å². The Balaban J connectivity index is 2.08. The van der Waals surface area contributed by atoms with Gasteiger partial charge in [-0.05, 0) is 43.7 Å².